The third-order valence-electron chi connectivity index (χ3n) is 4.04. The van der Waals surface area contributed by atoms with E-state index in [2.05, 4.69) is 20.3 Å². The summed E-state index contributed by atoms with van der Waals surface area (Å²) in [5.41, 5.74) is -1.22. The van der Waals surface area contributed by atoms with Gasteiger partial charge in [0.15, 0.2) is 11.4 Å². The molecule has 2 N–H and O–H groups in total. The molecule has 3 rings (SSSR count). The van der Waals surface area contributed by atoms with E-state index < -0.39 is 23.7 Å². The van der Waals surface area contributed by atoms with Crippen LogP contribution in [-0.4, -0.2) is 43.0 Å². The molecule has 2 aromatic rings. The summed E-state index contributed by atoms with van der Waals surface area (Å²) >= 11 is 0. The number of hydrogen-bond acceptors (Lipinski definition) is 5. The van der Waals surface area contributed by atoms with E-state index in [1.165, 1.54) is 4.57 Å². The smallest absolute Gasteiger partial charge is 0.434 e. The number of aromatic carboxylic acids is 1. The second-order valence-electron chi connectivity index (χ2n) is 5.90. The molecule has 0 bridgehead atoms. The van der Waals surface area contributed by atoms with E-state index in [0.717, 1.165) is 18.6 Å². The Hall–Kier alpha value is -2.98. The number of fused-ring (bicyclic) bond motifs is 1. The van der Waals surface area contributed by atoms with Crippen LogP contribution in [0.1, 0.15) is 38.9 Å². The highest BCUT2D eigenvalue weighted by Crippen LogP contribution is 2.30. The van der Waals surface area contributed by atoms with Crippen molar-refractivity contribution >= 4 is 11.9 Å². The third kappa shape index (κ3) is 3.81. The Morgan fingerprint density at radius 2 is 1.96 bits per heavy atom. The number of carboxylic acid groups (broad SMARTS) is 1. The fourth-order valence-corrected chi connectivity index (χ4v) is 2.70. The van der Waals surface area contributed by atoms with Crippen LogP contribution >= 0.6 is 0 Å². The van der Waals surface area contributed by atoms with Gasteiger partial charge in [0.1, 0.15) is 11.5 Å². The highest BCUT2D eigenvalue weighted by Gasteiger charge is 2.35. The van der Waals surface area contributed by atoms with Crippen molar-refractivity contribution in [2.75, 3.05) is 6.54 Å². The van der Waals surface area contributed by atoms with E-state index in [-0.39, 0.29) is 23.9 Å². The minimum Gasteiger partial charge on any atom is -0.476 e. The number of amides is 1. The van der Waals surface area contributed by atoms with Crippen molar-refractivity contribution in [3.63, 3.8) is 0 Å². The van der Waals surface area contributed by atoms with Crippen LogP contribution in [0.15, 0.2) is 18.6 Å². The highest BCUT2D eigenvalue weighted by molar-refractivity contribution is 5.92. The lowest BCUT2D eigenvalue weighted by molar-refractivity contribution is -0.141. The summed E-state index contributed by atoms with van der Waals surface area (Å²) in [6.45, 7) is 0.572. The molecule has 2 aromatic heterocycles. The number of carbonyl (C=O) groups excluding carboxylic acids is 1. The molecule has 1 atom stereocenters. The monoisotopic (exact) mass is 369 g/mol. The molecule has 1 amide bonds. The van der Waals surface area contributed by atoms with Gasteiger partial charge in [-0.25, -0.2) is 19.7 Å². The number of hydrogen-bond donors (Lipinski definition) is 2. The zero-order chi connectivity index (χ0) is 18.9. The first-order chi connectivity index (χ1) is 12.2. The largest absolute Gasteiger partial charge is 0.476 e. The van der Waals surface area contributed by atoms with Crippen molar-refractivity contribution in [1.82, 2.24) is 24.8 Å². The Morgan fingerprint density at radius 3 is 2.58 bits per heavy atom. The minimum absolute atomic E-state index is 0.0338. The molecule has 0 radical (unpaired) electrons. The molecule has 0 fully saturated rings. The van der Waals surface area contributed by atoms with Crippen LogP contribution in [0.4, 0.5) is 13.2 Å². The molecule has 8 nitrogen and oxygen atoms in total. The summed E-state index contributed by atoms with van der Waals surface area (Å²) in [5.74, 6) is -1.44. The minimum atomic E-state index is -4.48. The predicted octanol–water partition coefficient (Wildman–Crippen LogP) is 1.38. The standard InChI is InChI=1S/C15H14F3N5O3/c16-15(17,18)11-7-23-6-8(1-2-12(23)22-11)3-21-13(24)9-4-20-10(5-19-9)14(25)26/h4-5,7-8H,1-3,6H2,(H,21,24)(H,25,26). The van der Waals surface area contributed by atoms with E-state index in [0.29, 0.717) is 25.2 Å². The Kier molecular flexibility index (Phi) is 4.62. The summed E-state index contributed by atoms with van der Waals surface area (Å²) in [5, 5.41) is 11.4. The van der Waals surface area contributed by atoms with E-state index in [1.807, 2.05) is 0 Å². The van der Waals surface area contributed by atoms with Crippen molar-refractivity contribution in [1.29, 1.82) is 0 Å². The lowest BCUT2D eigenvalue weighted by Crippen LogP contribution is -2.34. The number of rotatable bonds is 4. The van der Waals surface area contributed by atoms with Crippen molar-refractivity contribution in [3.8, 4) is 0 Å². The second-order valence-corrected chi connectivity index (χ2v) is 5.90. The normalized spacial score (nSPS) is 16.8. The van der Waals surface area contributed by atoms with E-state index in [4.69, 9.17) is 5.11 Å². The van der Waals surface area contributed by atoms with Crippen molar-refractivity contribution in [2.24, 2.45) is 5.92 Å². The quantitative estimate of drug-likeness (QED) is 0.843. The van der Waals surface area contributed by atoms with Crippen molar-refractivity contribution in [2.45, 2.75) is 25.6 Å². The van der Waals surface area contributed by atoms with Gasteiger partial charge in [-0.2, -0.15) is 13.2 Å². The van der Waals surface area contributed by atoms with Crippen LogP contribution in [0.2, 0.25) is 0 Å². The highest BCUT2D eigenvalue weighted by atomic mass is 19.4. The molecule has 0 aliphatic carbocycles. The van der Waals surface area contributed by atoms with E-state index in [9.17, 15) is 22.8 Å². The molecule has 1 unspecified atom stereocenters. The summed E-state index contributed by atoms with van der Waals surface area (Å²) < 4.78 is 39.6. The Balaban J connectivity index is 1.58. The van der Waals surface area contributed by atoms with Gasteiger partial charge < -0.3 is 15.0 Å². The molecule has 0 saturated carbocycles. The van der Waals surface area contributed by atoms with Gasteiger partial charge in [0.25, 0.3) is 5.91 Å². The first-order valence-corrected chi connectivity index (χ1v) is 7.71. The van der Waals surface area contributed by atoms with Crippen LogP contribution in [-0.2, 0) is 19.1 Å². The molecule has 0 saturated heterocycles. The average Bonchev–Trinajstić information content (AvgIpc) is 3.03. The molecule has 138 valence electrons. The number of aromatic nitrogens is 4. The first-order valence-electron chi connectivity index (χ1n) is 7.71. The molecule has 11 heteroatoms. The molecular formula is C15H14F3N5O3. The van der Waals surface area contributed by atoms with Crippen LogP contribution < -0.4 is 5.32 Å². The second kappa shape index (κ2) is 6.73. The molecule has 3 heterocycles. The van der Waals surface area contributed by atoms with Crippen molar-refractivity contribution in [3.05, 3.63) is 41.5 Å². The lowest BCUT2D eigenvalue weighted by Gasteiger charge is -2.23. The summed E-state index contributed by atoms with van der Waals surface area (Å²) in [4.78, 5) is 33.7. The number of nitrogens with one attached hydrogen (secondary N) is 1. The predicted molar refractivity (Wildman–Crippen MR) is 80.4 cm³/mol. The fourth-order valence-electron chi connectivity index (χ4n) is 2.70. The van der Waals surface area contributed by atoms with E-state index in [1.54, 1.807) is 0 Å². The molecule has 1 aliphatic rings. The number of carbonyl (C=O) groups is 2. The zero-order valence-corrected chi connectivity index (χ0v) is 13.3. The number of alkyl halides is 3. The lowest BCUT2D eigenvalue weighted by atomic mass is 9.99. The van der Waals surface area contributed by atoms with E-state index >= 15 is 0 Å². The van der Waals surface area contributed by atoms with Gasteiger partial charge >= 0.3 is 12.1 Å². The molecule has 0 aromatic carbocycles. The van der Waals surface area contributed by atoms with Gasteiger partial charge in [-0.1, -0.05) is 0 Å². The number of halogens is 3. The summed E-state index contributed by atoms with van der Waals surface area (Å²) in [6.07, 6.45) is -0.465. The van der Waals surface area contributed by atoms with Gasteiger partial charge in [0.05, 0.1) is 12.4 Å². The fraction of sp³-hybridized carbons (Fsp3) is 0.400. The topological polar surface area (TPSA) is 110 Å². The molecule has 26 heavy (non-hydrogen) atoms. The summed E-state index contributed by atoms with van der Waals surface area (Å²) in [7, 11) is 0. The van der Waals surface area contributed by atoms with Gasteiger partial charge in [0.2, 0.25) is 0 Å². The molecular weight excluding hydrogens is 355 g/mol. The molecule has 1 aliphatic heterocycles. The molecule has 0 spiro atoms. The van der Waals surface area contributed by atoms with Gasteiger partial charge in [-0.3, -0.25) is 4.79 Å². The first kappa shape index (κ1) is 17.8. The Morgan fingerprint density at radius 1 is 1.27 bits per heavy atom. The Bertz CT molecular complexity index is 832. The van der Waals surface area contributed by atoms with Crippen LogP contribution in [0.25, 0.3) is 0 Å². The summed E-state index contributed by atoms with van der Waals surface area (Å²) in [6, 6.07) is 0. The number of imidazole rings is 1. The Labute approximate surface area is 145 Å². The van der Waals surface area contributed by atoms with Gasteiger partial charge in [0, 0.05) is 25.7 Å². The van der Waals surface area contributed by atoms with Crippen molar-refractivity contribution < 1.29 is 27.9 Å². The number of aryl methyl sites for hydroxylation is 1. The maximum atomic E-state index is 12.7. The average molecular weight is 369 g/mol. The van der Waals surface area contributed by atoms with Crippen LogP contribution in [0, 0.1) is 5.92 Å². The number of nitrogens with zero attached hydrogens (tertiary/aromatic N) is 4. The van der Waals surface area contributed by atoms with Crippen LogP contribution in [0.5, 0.6) is 0 Å². The van der Waals surface area contributed by atoms with Gasteiger partial charge in [-0.15, -0.1) is 0 Å². The van der Waals surface area contributed by atoms with Crippen LogP contribution in [0.3, 0.4) is 0 Å². The zero-order valence-electron chi connectivity index (χ0n) is 13.3. The number of carboxylic acids is 1. The maximum Gasteiger partial charge on any atom is 0.434 e. The maximum absolute atomic E-state index is 12.7. The third-order valence-corrected chi connectivity index (χ3v) is 4.04. The van der Waals surface area contributed by atoms with Gasteiger partial charge in [-0.05, 0) is 12.3 Å². The SMILES string of the molecule is O=C(O)c1cnc(C(=O)NCC2CCc3nc(C(F)(F)F)cn3C2)cn1.